The van der Waals surface area contributed by atoms with Gasteiger partial charge in [-0.1, -0.05) is 0 Å². The number of nitrogens with zero attached hydrogens (tertiary/aromatic N) is 5. The summed E-state index contributed by atoms with van der Waals surface area (Å²) in [7, 11) is 0. The van der Waals surface area contributed by atoms with Crippen molar-refractivity contribution in [2.45, 2.75) is 6.54 Å². The Labute approximate surface area is 74.4 Å². The van der Waals surface area contributed by atoms with E-state index < -0.39 is 0 Å². The van der Waals surface area contributed by atoms with Crippen LogP contribution in [0.3, 0.4) is 0 Å². The molecule has 2 heterocycles. The van der Waals surface area contributed by atoms with Gasteiger partial charge < -0.3 is 5.73 Å². The molecule has 2 aromatic heterocycles. The minimum absolute atomic E-state index is 0.440. The summed E-state index contributed by atoms with van der Waals surface area (Å²) in [5, 5.41) is 10.8. The van der Waals surface area contributed by atoms with Gasteiger partial charge in [0.15, 0.2) is 0 Å². The summed E-state index contributed by atoms with van der Waals surface area (Å²) in [6, 6.07) is 3.71. The van der Waals surface area contributed by atoms with E-state index >= 15 is 0 Å². The second kappa shape index (κ2) is 3.28. The van der Waals surface area contributed by atoms with Gasteiger partial charge in [-0.25, -0.2) is 0 Å². The Hall–Kier alpha value is -1.82. The summed E-state index contributed by atoms with van der Waals surface area (Å²) in [6.07, 6.45) is 3.19. The third kappa shape index (κ3) is 1.52. The number of nitrogens with two attached hydrogens (primary N) is 1. The number of tetrazole rings is 1. The summed E-state index contributed by atoms with van der Waals surface area (Å²) in [5.74, 6) is 0. The number of hydrogen-bond donors (Lipinski definition) is 1. The van der Waals surface area contributed by atoms with Crippen LogP contribution in [-0.4, -0.2) is 25.2 Å². The molecule has 66 valence electrons. The predicted molar refractivity (Wildman–Crippen MR) is 44.8 cm³/mol. The molecule has 0 spiro atoms. The summed E-state index contributed by atoms with van der Waals surface area (Å²) < 4.78 is 1.54. The van der Waals surface area contributed by atoms with Gasteiger partial charge in [0.2, 0.25) is 0 Å². The number of hydrogen-bond acceptors (Lipinski definition) is 5. The summed E-state index contributed by atoms with van der Waals surface area (Å²) in [5.41, 5.74) is 7.07. The molecule has 0 radical (unpaired) electrons. The van der Waals surface area contributed by atoms with E-state index in [2.05, 4.69) is 20.5 Å². The van der Waals surface area contributed by atoms with Crippen LogP contribution in [0.1, 0.15) is 5.69 Å². The van der Waals surface area contributed by atoms with Gasteiger partial charge in [-0.2, -0.15) is 4.68 Å². The van der Waals surface area contributed by atoms with Gasteiger partial charge >= 0.3 is 0 Å². The van der Waals surface area contributed by atoms with Crippen molar-refractivity contribution in [1.82, 2.24) is 25.2 Å². The quantitative estimate of drug-likeness (QED) is 0.668. The van der Waals surface area contributed by atoms with Crippen LogP contribution < -0.4 is 5.73 Å². The van der Waals surface area contributed by atoms with E-state index in [1.54, 1.807) is 6.20 Å². The molecule has 0 bridgehead atoms. The van der Waals surface area contributed by atoms with E-state index in [0.717, 1.165) is 11.4 Å². The van der Waals surface area contributed by atoms with Crippen LogP contribution in [0.25, 0.3) is 5.69 Å². The van der Waals surface area contributed by atoms with Gasteiger partial charge in [0, 0.05) is 6.54 Å². The molecule has 6 heteroatoms. The Balaban J connectivity index is 2.33. The summed E-state index contributed by atoms with van der Waals surface area (Å²) in [4.78, 5) is 4.11. The molecule has 0 saturated carbocycles. The average Bonchev–Trinajstić information content (AvgIpc) is 2.71. The maximum Gasteiger partial charge on any atom is 0.143 e. The molecule has 2 N–H and O–H groups in total. The molecule has 13 heavy (non-hydrogen) atoms. The molecule has 0 aliphatic heterocycles. The molecular weight excluding hydrogens is 168 g/mol. The van der Waals surface area contributed by atoms with Crippen molar-refractivity contribution in [3.8, 4) is 5.69 Å². The molecule has 2 rings (SSSR count). The van der Waals surface area contributed by atoms with Gasteiger partial charge in [0.25, 0.3) is 0 Å². The highest BCUT2D eigenvalue weighted by atomic mass is 15.5. The molecule has 0 atom stereocenters. The maximum atomic E-state index is 5.41. The second-order valence-electron chi connectivity index (χ2n) is 2.47. The van der Waals surface area contributed by atoms with Gasteiger partial charge in [-0.05, 0) is 22.6 Å². The maximum absolute atomic E-state index is 5.41. The van der Waals surface area contributed by atoms with Crippen LogP contribution in [0.5, 0.6) is 0 Å². The van der Waals surface area contributed by atoms with Crippen molar-refractivity contribution < 1.29 is 0 Å². The molecule has 0 saturated heterocycles. The number of pyridine rings is 1. The zero-order chi connectivity index (χ0) is 9.10. The normalized spacial score (nSPS) is 10.2. The minimum Gasteiger partial charge on any atom is -0.325 e. The largest absolute Gasteiger partial charge is 0.325 e. The van der Waals surface area contributed by atoms with Crippen molar-refractivity contribution in [2.24, 2.45) is 5.73 Å². The lowest BCUT2D eigenvalue weighted by molar-refractivity contribution is 0.784. The Kier molecular flexibility index (Phi) is 1.97. The Bertz CT molecular complexity index is 364. The Morgan fingerprint density at radius 3 is 2.85 bits per heavy atom. The predicted octanol–water partition coefficient (Wildman–Crippen LogP) is -0.484. The van der Waals surface area contributed by atoms with Crippen molar-refractivity contribution >= 4 is 0 Å². The molecule has 2 aromatic rings. The Morgan fingerprint density at radius 1 is 1.38 bits per heavy atom. The lowest BCUT2D eigenvalue weighted by Crippen LogP contribution is -2.01. The van der Waals surface area contributed by atoms with Crippen molar-refractivity contribution in [3.63, 3.8) is 0 Å². The lowest BCUT2D eigenvalue weighted by atomic mass is 10.3. The fraction of sp³-hybridized carbons (Fsp3) is 0.143. The van der Waals surface area contributed by atoms with Crippen LogP contribution in [0.2, 0.25) is 0 Å². The lowest BCUT2D eigenvalue weighted by Gasteiger charge is -1.99. The van der Waals surface area contributed by atoms with E-state index in [4.69, 9.17) is 5.73 Å². The SMILES string of the molecule is NCc1ccc(-n2cnnn2)cn1. The standard InChI is InChI=1S/C7H8N6/c8-3-6-1-2-7(4-9-6)13-5-10-11-12-13/h1-2,4-5H,3,8H2. The monoisotopic (exact) mass is 176 g/mol. The average molecular weight is 176 g/mol. The first-order valence-electron chi connectivity index (χ1n) is 3.78. The first-order valence-corrected chi connectivity index (χ1v) is 3.78. The topological polar surface area (TPSA) is 82.5 Å². The van der Waals surface area contributed by atoms with Gasteiger partial charge in [-0.3, -0.25) is 4.98 Å². The van der Waals surface area contributed by atoms with Gasteiger partial charge in [-0.15, -0.1) is 5.10 Å². The van der Waals surface area contributed by atoms with E-state index in [9.17, 15) is 0 Å². The van der Waals surface area contributed by atoms with E-state index in [-0.39, 0.29) is 0 Å². The molecule has 6 nitrogen and oxygen atoms in total. The van der Waals surface area contributed by atoms with E-state index in [1.807, 2.05) is 12.1 Å². The third-order valence-corrected chi connectivity index (χ3v) is 1.63. The number of aromatic nitrogens is 5. The zero-order valence-corrected chi connectivity index (χ0v) is 6.83. The zero-order valence-electron chi connectivity index (χ0n) is 6.83. The van der Waals surface area contributed by atoms with Crippen LogP contribution >= 0.6 is 0 Å². The number of rotatable bonds is 2. The molecule has 0 amide bonds. The molecule has 0 aromatic carbocycles. The minimum atomic E-state index is 0.440. The van der Waals surface area contributed by atoms with Crippen molar-refractivity contribution in [1.29, 1.82) is 0 Å². The molecule has 0 unspecified atom stereocenters. The van der Waals surface area contributed by atoms with Gasteiger partial charge in [0.1, 0.15) is 6.33 Å². The Morgan fingerprint density at radius 2 is 2.31 bits per heavy atom. The third-order valence-electron chi connectivity index (χ3n) is 1.63. The van der Waals surface area contributed by atoms with Crippen LogP contribution in [-0.2, 0) is 6.54 Å². The van der Waals surface area contributed by atoms with E-state index in [1.165, 1.54) is 11.0 Å². The first kappa shape index (κ1) is 7.81. The summed E-state index contributed by atoms with van der Waals surface area (Å²) in [6.45, 7) is 0.440. The van der Waals surface area contributed by atoms with Gasteiger partial charge in [0.05, 0.1) is 17.6 Å². The molecule has 0 aliphatic carbocycles. The van der Waals surface area contributed by atoms with Crippen LogP contribution in [0.4, 0.5) is 0 Å². The molecule has 0 aliphatic rings. The smallest absolute Gasteiger partial charge is 0.143 e. The highest BCUT2D eigenvalue weighted by Crippen LogP contribution is 2.02. The fourth-order valence-electron chi connectivity index (χ4n) is 0.953. The van der Waals surface area contributed by atoms with Crippen molar-refractivity contribution in [3.05, 3.63) is 30.4 Å². The fourth-order valence-corrected chi connectivity index (χ4v) is 0.953. The second-order valence-corrected chi connectivity index (χ2v) is 2.47. The summed E-state index contributed by atoms with van der Waals surface area (Å²) >= 11 is 0. The highest BCUT2D eigenvalue weighted by molar-refractivity contribution is 5.27. The van der Waals surface area contributed by atoms with Crippen molar-refractivity contribution in [2.75, 3.05) is 0 Å². The molecule has 0 fully saturated rings. The first-order chi connectivity index (χ1) is 6.40. The highest BCUT2D eigenvalue weighted by Gasteiger charge is 1.97. The van der Waals surface area contributed by atoms with E-state index in [0.29, 0.717) is 6.54 Å². The molecular formula is C7H8N6. The van der Waals surface area contributed by atoms with Crippen LogP contribution in [0.15, 0.2) is 24.7 Å². The van der Waals surface area contributed by atoms with Crippen LogP contribution in [0, 0.1) is 0 Å².